The lowest BCUT2D eigenvalue weighted by Gasteiger charge is -2.17. The minimum absolute atomic E-state index is 0.0686. The van der Waals surface area contributed by atoms with Gasteiger partial charge in [-0.15, -0.1) is 11.3 Å². The summed E-state index contributed by atoms with van der Waals surface area (Å²) in [6.45, 7) is 7.82. The highest BCUT2D eigenvalue weighted by atomic mass is 32.1. The summed E-state index contributed by atoms with van der Waals surface area (Å²) in [5.74, 6) is 0.0686. The maximum absolute atomic E-state index is 12.3. The smallest absolute Gasteiger partial charge is 0.226 e. The number of benzene rings is 2. The molecule has 1 amide bonds. The third kappa shape index (κ3) is 5.45. The molecule has 0 aliphatic heterocycles. The van der Waals surface area contributed by atoms with Crippen LogP contribution in [-0.2, 0) is 11.2 Å². The van der Waals surface area contributed by atoms with Gasteiger partial charge in [0.25, 0.3) is 0 Å². The van der Waals surface area contributed by atoms with Gasteiger partial charge in [0, 0.05) is 17.4 Å². The molecule has 168 valence electrons. The molecule has 0 radical (unpaired) electrons. The molecule has 1 aromatic heterocycles. The Morgan fingerprint density at radius 2 is 1.78 bits per heavy atom. The van der Waals surface area contributed by atoms with Gasteiger partial charge in [0.2, 0.25) is 5.91 Å². The van der Waals surface area contributed by atoms with Crippen molar-refractivity contribution in [3.8, 4) is 22.4 Å². The standard InChI is InChI=1S/C27H33N3OS/c1-3-30(4-2)16-10-6-5-7-13-26(31)29-27-28-25(19-32-27)21-14-15-24-22(18-21)17-20-11-8-9-12-23(20)24/h8-9,11-12,14-15,18-19H,3-7,10,13,16-17H2,1-2H3,(H,28,29,31). The average molecular weight is 448 g/mol. The quantitative estimate of drug-likeness (QED) is 0.263. The number of hydrogen-bond donors (Lipinski definition) is 1. The second-order valence-electron chi connectivity index (χ2n) is 8.48. The molecule has 0 saturated carbocycles. The zero-order chi connectivity index (χ0) is 22.3. The molecule has 3 aromatic rings. The average Bonchev–Trinajstić information content (AvgIpc) is 3.42. The van der Waals surface area contributed by atoms with Crippen molar-refractivity contribution >= 4 is 22.4 Å². The van der Waals surface area contributed by atoms with Gasteiger partial charge in [-0.1, -0.05) is 63.1 Å². The summed E-state index contributed by atoms with van der Waals surface area (Å²) in [6.07, 6.45) is 5.99. The summed E-state index contributed by atoms with van der Waals surface area (Å²) in [5, 5.41) is 5.71. The molecule has 0 unspecified atom stereocenters. The van der Waals surface area contributed by atoms with Gasteiger partial charge in [0.05, 0.1) is 5.69 Å². The number of nitrogens with zero attached hydrogens (tertiary/aromatic N) is 2. The van der Waals surface area contributed by atoms with E-state index in [0.29, 0.717) is 11.6 Å². The Morgan fingerprint density at radius 1 is 1.00 bits per heavy atom. The summed E-state index contributed by atoms with van der Waals surface area (Å²) < 4.78 is 0. The number of fused-ring (bicyclic) bond motifs is 3. The van der Waals surface area contributed by atoms with E-state index in [2.05, 4.69) is 71.5 Å². The topological polar surface area (TPSA) is 45.2 Å². The van der Waals surface area contributed by atoms with Crippen LogP contribution in [0.15, 0.2) is 47.8 Å². The summed E-state index contributed by atoms with van der Waals surface area (Å²) in [5.41, 5.74) is 7.45. The highest BCUT2D eigenvalue weighted by Crippen LogP contribution is 2.38. The summed E-state index contributed by atoms with van der Waals surface area (Å²) in [6, 6.07) is 15.2. The van der Waals surface area contributed by atoms with Crippen molar-refractivity contribution in [2.45, 2.75) is 52.4 Å². The van der Waals surface area contributed by atoms with Crippen molar-refractivity contribution in [2.24, 2.45) is 0 Å². The predicted octanol–water partition coefficient (Wildman–Crippen LogP) is 6.61. The normalized spacial score (nSPS) is 12.1. The highest BCUT2D eigenvalue weighted by molar-refractivity contribution is 7.14. The second-order valence-corrected chi connectivity index (χ2v) is 9.34. The Bertz CT molecular complexity index is 1050. The SMILES string of the molecule is CCN(CC)CCCCCCC(=O)Nc1nc(-c2ccc3c(c2)Cc2ccccc2-3)cs1. The number of carbonyl (C=O) groups is 1. The van der Waals surface area contributed by atoms with E-state index in [4.69, 9.17) is 0 Å². The first-order valence-corrected chi connectivity index (χ1v) is 12.7. The number of amides is 1. The molecule has 5 heteroatoms. The van der Waals surface area contributed by atoms with E-state index >= 15 is 0 Å². The van der Waals surface area contributed by atoms with Crippen LogP contribution in [0.4, 0.5) is 5.13 Å². The third-order valence-electron chi connectivity index (χ3n) is 6.36. The van der Waals surface area contributed by atoms with Crippen LogP contribution < -0.4 is 5.32 Å². The fraction of sp³-hybridized carbons (Fsp3) is 0.407. The molecule has 32 heavy (non-hydrogen) atoms. The molecule has 2 aromatic carbocycles. The minimum Gasteiger partial charge on any atom is -0.304 e. The molecule has 0 saturated heterocycles. The first kappa shape index (κ1) is 22.7. The van der Waals surface area contributed by atoms with Crippen LogP contribution >= 0.6 is 11.3 Å². The molecule has 1 N–H and O–H groups in total. The fourth-order valence-corrected chi connectivity index (χ4v) is 5.20. The molecule has 0 bridgehead atoms. The summed E-state index contributed by atoms with van der Waals surface area (Å²) in [4.78, 5) is 19.4. The Labute approximate surface area is 195 Å². The lowest BCUT2D eigenvalue weighted by atomic mass is 10.0. The van der Waals surface area contributed by atoms with Crippen LogP contribution in [-0.4, -0.2) is 35.4 Å². The van der Waals surface area contributed by atoms with Crippen LogP contribution in [0.25, 0.3) is 22.4 Å². The van der Waals surface area contributed by atoms with Gasteiger partial charge >= 0.3 is 0 Å². The van der Waals surface area contributed by atoms with E-state index in [9.17, 15) is 4.79 Å². The molecule has 0 spiro atoms. The zero-order valence-electron chi connectivity index (χ0n) is 19.2. The lowest BCUT2D eigenvalue weighted by Crippen LogP contribution is -2.23. The molecule has 4 rings (SSSR count). The largest absolute Gasteiger partial charge is 0.304 e. The lowest BCUT2D eigenvalue weighted by molar-refractivity contribution is -0.116. The van der Waals surface area contributed by atoms with Crippen molar-refractivity contribution < 1.29 is 4.79 Å². The number of hydrogen-bond acceptors (Lipinski definition) is 4. The first-order chi connectivity index (χ1) is 15.7. The van der Waals surface area contributed by atoms with Gasteiger partial charge in [0.15, 0.2) is 5.13 Å². The minimum atomic E-state index is 0.0686. The highest BCUT2D eigenvalue weighted by Gasteiger charge is 2.18. The van der Waals surface area contributed by atoms with E-state index in [1.807, 2.05) is 5.38 Å². The number of aromatic nitrogens is 1. The zero-order valence-corrected chi connectivity index (χ0v) is 20.0. The Kier molecular flexibility index (Phi) is 7.72. The molecule has 0 atom stereocenters. The van der Waals surface area contributed by atoms with Gasteiger partial charge in [-0.05, 0) is 67.2 Å². The monoisotopic (exact) mass is 447 g/mol. The molecule has 0 fully saturated rings. The molecule has 4 nitrogen and oxygen atoms in total. The van der Waals surface area contributed by atoms with Gasteiger partial charge in [-0.3, -0.25) is 4.79 Å². The number of anilines is 1. The maximum Gasteiger partial charge on any atom is 0.226 e. The second kappa shape index (κ2) is 10.9. The van der Waals surface area contributed by atoms with E-state index in [1.165, 1.54) is 46.4 Å². The van der Waals surface area contributed by atoms with Crippen molar-refractivity contribution in [2.75, 3.05) is 25.0 Å². The van der Waals surface area contributed by atoms with E-state index in [1.54, 1.807) is 0 Å². The number of rotatable bonds is 11. The van der Waals surface area contributed by atoms with Crippen molar-refractivity contribution in [3.05, 3.63) is 59.0 Å². The van der Waals surface area contributed by atoms with E-state index in [-0.39, 0.29) is 5.91 Å². The molecular weight excluding hydrogens is 414 g/mol. The Balaban J connectivity index is 1.25. The number of unbranched alkanes of at least 4 members (excludes halogenated alkanes) is 3. The van der Waals surface area contributed by atoms with Crippen LogP contribution in [0.5, 0.6) is 0 Å². The third-order valence-corrected chi connectivity index (χ3v) is 7.12. The molecule has 1 heterocycles. The fourth-order valence-electron chi connectivity index (χ4n) is 4.46. The summed E-state index contributed by atoms with van der Waals surface area (Å²) >= 11 is 1.50. The van der Waals surface area contributed by atoms with Crippen molar-refractivity contribution in [3.63, 3.8) is 0 Å². The van der Waals surface area contributed by atoms with E-state index in [0.717, 1.165) is 50.2 Å². The van der Waals surface area contributed by atoms with Crippen molar-refractivity contribution in [1.29, 1.82) is 0 Å². The van der Waals surface area contributed by atoms with Crippen LogP contribution in [0.2, 0.25) is 0 Å². The van der Waals surface area contributed by atoms with Gasteiger partial charge in [-0.2, -0.15) is 0 Å². The van der Waals surface area contributed by atoms with Gasteiger partial charge < -0.3 is 10.2 Å². The van der Waals surface area contributed by atoms with Crippen LogP contribution in [0, 0.1) is 0 Å². The number of carbonyl (C=O) groups excluding carboxylic acids is 1. The Hall–Kier alpha value is -2.50. The van der Waals surface area contributed by atoms with E-state index < -0.39 is 0 Å². The number of nitrogens with one attached hydrogen (secondary N) is 1. The van der Waals surface area contributed by atoms with Crippen molar-refractivity contribution in [1.82, 2.24) is 9.88 Å². The number of thiazole rings is 1. The van der Waals surface area contributed by atoms with Crippen LogP contribution in [0.1, 0.15) is 57.1 Å². The predicted molar refractivity (Wildman–Crippen MR) is 135 cm³/mol. The van der Waals surface area contributed by atoms with Crippen LogP contribution in [0.3, 0.4) is 0 Å². The van der Waals surface area contributed by atoms with Gasteiger partial charge in [-0.25, -0.2) is 4.98 Å². The Morgan fingerprint density at radius 3 is 2.62 bits per heavy atom. The maximum atomic E-state index is 12.3. The van der Waals surface area contributed by atoms with Gasteiger partial charge in [0.1, 0.15) is 0 Å². The first-order valence-electron chi connectivity index (χ1n) is 11.9. The summed E-state index contributed by atoms with van der Waals surface area (Å²) in [7, 11) is 0. The molecule has 1 aliphatic carbocycles. The molecule has 1 aliphatic rings. The molecular formula is C27H33N3OS.